The number of para-hydroxylation sites is 2. The summed E-state index contributed by atoms with van der Waals surface area (Å²) < 4.78 is 13.8. The number of nitrogens with zero attached hydrogens (tertiary/aromatic N) is 1. The van der Waals surface area contributed by atoms with E-state index < -0.39 is 5.41 Å². The van der Waals surface area contributed by atoms with Crippen molar-refractivity contribution in [2.75, 3.05) is 4.90 Å². The summed E-state index contributed by atoms with van der Waals surface area (Å²) in [5.74, 6) is 3.15. The van der Waals surface area contributed by atoms with Crippen molar-refractivity contribution in [2.45, 2.75) is 25.2 Å². The third kappa shape index (κ3) is 4.25. The van der Waals surface area contributed by atoms with Crippen LogP contribution in [0.1, 0.15) is 47.6 Å². The number of hydrogen-bond acceptors (Lipinski definition) is 3. The van der Waals surface area contributed by atoms with E-state index in [1.807, 2.05) is 18.2 Å². The molecule has 2 aliphatic carbocycles. The molecule has 0 saturated carbocycles. The second-order valence-electron chi connectivity index (χ2n) is 13.6. The summed E-state index contributed by atoms with van der Waals surface area (Å²) in [5.41, 5.74) is 13.9. The van der Waals surface area contributed by atoms with Crippen LogP contribution >= 0.6 is 0 Å². The Labute approximate surface area is 298 Å². The highest BCUT2D eigenvalue weighted by molar-refractivity contribution is 5.96. The number of allylic oxidation sites excluding steroid dienone is 2. The molecule has 3 heteroatoms. The van der Waals surface area contributed by atoms with Crippen LogP contribution in [0.3, 0.4) is 0 Å². The Balaban J connectivity index is 1.14. The molecule has 1 heterocycles. The van der Waals surface area contributed by atoms with Gasteiger partial charge >= 0.3 is 0 Å². The Morgan fingerprint density at radius 3 is 1.73 bits per heavy atom. The average Bonchev–Trinajstić information content (AvgIpc) is 3.64. The van der Waals surface area contributed by atoms with Crippen LogP contribution < -0.4 is 14.4 Å². The molecular weight excluding hydrogens is 623 g/mol. The number of ether oxygens (including phenoxy) is 2. The fourth-order valence-corrected chi connectivity index (χ4v) is 8.68. The quantitative estimate of drug-likeness (QED) is 0.172. The van der Waals surface area contributed by atoms with Crippen molar-refractivity contribution in [1.82, 2.24) is 0 Å². The molecule has 7 aromatic rings. The predicted octanol–water partition coefficient (Wildman–Crippen LogP) is 13.1. The topological polar surface area (TPSA) is 21.7 Å². The summed E-state index contributed by atoms with van der Waals surface area (Å²) in [7, 11) is 0. The van der Waals surface area contributed by atoms with Crippen LogP contribution in [0.2, 0.25) is 0 Å². The van der Waals surface area contributed by atoms with Gasteiger partial charge in [0.05, 0.1) is 11.1 Å². The summed E-state index contributed by atoms with van der Waals surface area (Å²) in [6.07, 6.45) is 4.34. The van der Waals surface area contributed by atoms with E-state index in [1.165, 1.54) is 50.1 Å². The molecule has 0 saturated heterocycles. The van der Waals surface area contributed by atoms with Crippen LogP contribution in [-0.4, -0.2) is 0 Å². The molecule has 0 amide bonds. The minimum atomic E-state index is -0.459. The van der Waals surface area contributed by atoms with Gasteiger partial charge in [-0.2, -0.15) is 0 Å². The monoisotopic (exact) mass is 657 g/mol. The van der Waals surface area contributed by atoms with Gasteiger partial charge in [0.1, 0.15) is 0 Å². The third-order valence-corrected chi connectivity index (χ3v) is 10.9. The molecule has 1 spiro atoms. The van der Waals surface area contributed by atoms with Gasteiger partial charge in [-0.3, -0.25) is 0 Å². The lowest BCUT2D eigenvalue weighted by atomic mass is 9.70. The van der Waals surface area contributed by atoms with E-state index >= 15 is 0 Å². The molecule has 1 atom stereocenters. The van der Waals surface area contributed by atoms with Gasteiger partial charge in [0.15, 0.2) is 23.0 Å². The average molecular weight is 658 g/mol. The Morgan fingerprint density at radius 2 is 1.08 bits per heavy atom. The van der Waals surface area contributed by atoms with Crippen LogP contribution in [0.5, 0.6) is 23.0 Å². The van der Waals surface area contributed by atoms with Crippen molar-refractivity contribution < 1.29 is 9.47 Å². The number of fused-ring (bicyclic) bond motifs is 12. The number of hydrogen-bond donors (Lipinski definition) is 0. The zero-order valence-electron chi connectivity index (χ0n) is 28.5. The molecule has 51 heavy (non-hydrogen) atoms. The molecular formula is C48H35NO2. The van der Waals surface area contributed by atoms with Crippen LogP contribution in [0, 0.1) is 0 Å². The van der Waals surface area contributed by atoms with Crippen LogP contribution in [0.4, 0.5) is 17.1 Å². The maximum absolute atomic E-state index is 7.05. The van der Waals surface area contributed by atoms with Gasteiger partial charge in [-0.1, -0.05) is 128 Å². The molecule has 10 rings (SSSR count). The molecule has 244 valence electrons. The predicted molar refractivity (Wildman–Crippen MR) is 207 cm³/mol. The third-order valence-electron chi connectivity index (χ3n) is 10.9. The molecule has 0 aromatic heterocycles. The fraction of sp³-hybridized carbons (Fsp3) is 0.0833. The fourth-order valence-electron chi connectivity index (χ4n) is 8.68. The molecule has 0 N–H and O–H groups in total. The smallest absolute Gasteiger partial charge is 0.194 e. The van der Waals surface area contributed by atoms with E-state index in [1.54, 1.807) is 0 Å². The van der Waals surface area contributed by atoms with Gasteiger partial charge in [0, 0.05) is 11.4 Å². The van der Waals surface area contributed by atoms with E-state index in [0.29, 0.717) is 23.2 Å². The Morgan fingerprint density at radius 1 is 0.510 bits per heavy atom. The summed E-state index contributed by atoms with van der Waals surface area (Å²) >= 11 is 0. The first-order valence-electron chi connectivity index (χ1n) is 17.7. The van der Waals surface area contributed by atoms with Gasteiger partial charge in [0.2, 0.25) is 0 Å². The van der Waals surface area contributed by atoms with Crippen molar-refractivity contribution in [2.24, 2.45) is 0 Å². The zero-order chi connectivity index (χ0) is 34.1. The second-order valence-corrected chi connectivity index (χ2v) is 13.6. The van der Waals surface area contributed by atoms with Crippen molar-refractivity contribution in [3.8, 4) is 45.3 Å². The molecule has 3 nitrogen and oxygen atoms in total. The van der Waals surface area contributed by atoms with Crippen LogP contribution in [0.25, 0.3) is 22.3 Å². The summed E-state index contributed by atoms with van der Waals surface area (Å²) in [5, 5.41) is 0. The normalized spacial score (nSPS) is 14.4. The van der Waals surface area contributed by atoms with Crippen LogP contribution in [0.15, 0.2) is 170 Å². The molecule has 0 unspecified atom stereocenters. The van der Waals surface area contributed by atoms with Gasteiger partial charge in [0.25, 0.3) is 0 Å². The standard InChI is InChI=1S/C48H35NO2/c1-3-14-31(2)32-25-27-34(28-26-32)49(33-15-5-4-6-16-33)43-23-13-24-44-47(43)51-46-30-42-38(29-45(46)50-44)37-19-9-12-22-41(37)48(42)39-20-10-7-17-35(39)36-18-8-11-21-40(36)48/h3-31H,1-2H3/b14-3-/t31-/m1/s1. The Bertz CT molecular complexity index is 2470. The lowest BCUT2D eigenvalue weighted by molar-refractivity contribution is 0.360. The van der Waals surface area contributed by atoms with E-state index in [0.717, 1.165) is 22.8 Å². The SMILES string of the molecule is C/C=C\[C@@H](C)c1ccc(N(c2ccccc2)c2cccc3c2Oc2cc4c(cc2O3)-c2ccccc2C42c3ccccc3-c3ccccc32)cc1. The highest BCUT2D eigenvalue weighted by Gasteiger charge is 2.52. The largest absolute Gasteiger partial charge is 0.449 e. The first kappa shape index (κ1) is 29.6. The van der Waals surface area contributed by atoms with Gasteiger partial charge in [-0.05, 0) is 111 Å². The highest BCUT2D eigenvalue weighted by atomic mass is 16.6. The van der Waals surface area contributed by atoms with E-state index in [2.05, 4.69) is 170 Å². The molecule has 7 aromatic carbocycles. The number of anilines is 3. The Kier molecular flexibility index (Phi) is 6.59. The van der Waals surface area contributed by atoms with Crippen molar-refractivity contribution in [3.05, 3.63) is 198 Å². The minimum absolute atomic E-state index is 0.335. The van der Waals surface area contributed by atoms with Gasteiger partial charge in [-0.25, -0.2) is 0 Å². The molecule has 1 aliphatic heterocycles. The maximum atomic E-state index is 7.05. The van der Waals surface area contributed by atoms with Crippen LogP contribution in [-0.2, 0) is 5.41 Å². The lowest BCUT2D eigenvalue weighted by Gasteiger charge is -2.32. The Hall–Kier alpha value is -6.32. The molecule has 3 aliphatic rings. The maximum Gasteiger partial charge on any atom is 0.194 e. The number of benzene rings is 7. The minimum Gasteiger partial charge on any atom is -0.449 e. The van der Waals surface area contributed by atoms with Gasteiger partial charge < -0.3 is 14.4 Å². The van der Waals surface area contributed by atoms with E-state index in [9.17, 15) is 0 Å². The molecule has 0 bridgehead atoms. The van der Waals surface area contributed by atoms with E-state index in [-0.39, 0.29) is 0 Å². The summed E-state index contributed by atoms with van der Waals surface area (Å²) in [6, 6.07) is 56.5. The first-order valence-corrected chi connectivity index (χ1v) is 17.7. The number of rotatable bonds is 5. The van der Waals surface area contributed by atoms with Crippen molar-refractivity contribution >= 4 is 17.1 Å². The summed E-state index contributed by atoms with van der Waals surface area (Å²) in [4.78, 5) is 2.26. The van der Waals surface area contributed by atoms with Gasteiger partial charge in [-0.15, -0.1) is 0 Å². The highest BCUT2D eigenvalue weighted by Crippen LogP contribution is 2.65. The lowest BCUT2D eigenvalue weighted by Crippen LogP contribution is -2.25. The van der Waals surface area contributed by atoms with E-state index in [4.69, 9.17) is 9.47 Å². The summed E-state index contributed by atoms with van der Waals surface area (Å²) in [6.45, 7) is 4.29. The van der Waals surface area contributed by atoms with Crippen molar-refractivity contribution in [1.29, 1.82) is 0 Å². The molecule has 0 radical (unpaired) electrons. The van der Waals surface area contributed by atoms with Crippen molar-refractivity contribution in [3.63, 3.8) is 0 Å². The first-order chi connectivity index (χ1) is 25.2. The zero-order valence-corrected chi connectivity index (χ0v) is 28.5. The second kappa shape index (κ2) is 11.4. The molecule has 0 fully saturated rings.